The molecule has 0 saturated heterocycles. The Kier molecular flexibility index (Phi) is 5.03. The van der Waals surface area contributed by atoms with Crippen molar-refractivity contribution in [3.05, 3.63) is 47.6 Å². The van der Waals surface area contributed by atoms with Crippen molar-refractivity contribution in [1.29, 1.82) is 0 Å². The molecule has 7 nitrogen and oxygen atoms in total. The van der Waals surface area contributed by atoms with E-state index >= 15 is 0 Å². The molecule has 2 N–H and O–H groups in total. The number of hydrogen-bond acceptors (Lipinski definition) is 4. The van der Waals surface area contributed by atoms with Gasteiger partial charge in [0.1, 0.15) is 18.2 Å². The molecule has 0 spiro atoms. The average Bonchev–Trinajstić information content (AvgIpc) is 3.07. The van der Waals surface area contributed by atoms with Crippen LogP contribution in [0.25, 0.3) is 16.9 Å². The normalized spacial score (nSPS) is 20.9. The van der Waals surface area contributed by atoms with E-state index in [0.717, 1.165) is 31.4 Å². The quantitative estimate of drug-likeness (QED) is 0.503. The summed E-state index contributed by atoms with van der Waals surface area (Å²) in [6, 6.07) is 8.29. The van der Waals surface area contributed by atoms with Crippen LogP contribution in [0.2, 0.25) is 5.15 Å². The van der Waals surface area contributed by atoms with Crippen LogP contribution in [0.15, 0.2) is 36.9 Å². The number of imidazole rings is 1. The Morgan fingerprint density at radius 1 is 1.07 bits per heavy atom. The summed E-state index contributed by atoms with van der Waals surface area (Å²) >= 11 is 6.06. The fourth-order valence-electron chi connectivity index (χ4n) is 3.92. The van der Waals surface area contributed by atoms with Crippen molar-refractivity contribution < 1.29 is 14.4 Å². The first-order chi connectivity index (χ1) is 12.9. The van der Waals surface area contributed by atoms with E-state index in [-0.39, 0.29) is 12.1 Å². The van der Waals surface area contributed by atoms with Gasteiger partial charge < -0.3 is 9.79 Å². The van der Waals surface area contributed by atoms with E-state index in [1.54, 1.807) is 6.33 Å². The molecule has 0 amide bonds. The van der Waals surface area contributed by atoms with Gasteiger partial charge in [-0.25, -0.2) is 15.0 Å². The van der Waals surface area contributed by atoms with E-state index in [0.29, 0.717) is 22.2 Å². The monoisotopic (exact) mass is 406 g/mol. The Hall–Kier alpha value is -1.79. The fraction of sp³-hybridized carbons (Fsp3) is 0.389. The fourth-order valence-corrected chi connectivity index (χ4v) is 5.13. The van der Waals surface area contributed by atoms with Gasteiger partial charge in [-0.15, -0.1) is 0 Å². The number of fused-ring (bicyclic) bond motifs is 1. The van der Waals surface area contributed by atoms with Crippen molar-refractivity contribution >= 4 is 30.4 Å². The maximum Gasteiger partial charge on any atom is 0.325 e. The van der Waals surface area contributed by atoms with Crippen molar-refractivity contribution in [2.45, 2.75) is 31.6 Å². The second kappa shape index (κ2) is 7.32. The van der Waals surface area contributed by atoms with Crippen molar-refractivity contribution in [1.82, 2.24) is 19.5 Å². The molecule has 3 aromatic rings. The molecule has 4 rings (SSSR count). The zero-order valence-corrected chi connectivity index (χ0v) is 16.2. The van der Waals surface area contributed by atoms with Gasteiger partial charge >= 0.3 is 7.60 Å². The van der Waals surface area contributed by atoms with E-state index in [4.69, 9.17) is 21.4 Å². The molecule has 1 aliphatic carbocycles. The lowest BCUT2D eigenvalue weighted by atomic mass is 9.79. The second-order valence-corrected chi connectivity index (χ2v) is 9.16. The molecule has 0 radical (unpaired) electrons. The first-order valence-electron chi connectivity index (χ1n) is 8.89. The Morgan fingerprint density at radius 2 is 1.78 bits per heavy atom. The predicted molar refractivity (Wildman–Crippen MR) is 103 cm³/mol. The third kappa shape index (κ3) is 4.06. The lowest BCUT2D eigenvalue weighted by molar-refractivity contribution is 0.316. The summed E-state index contributed by atoms with van der Waals surface area (Å²) in [4.78, 5) is 30.8. The summed E-state index contributed by atoms with van der Waals surface area (Å²) in [5, 5.41) is 0.336. The summed E-state index contributed by atoms with van der Waals surface area (Å²) in [6.07, 6.45) is 6.76. The molecule has 2 aromatic heterocycles. The molecule has 1 aromatic carbocycles. The highest BCUT2D eigenvalue weighted by Crippen LogP contribution is 2.44. The summed E-state index contributed by atoms with van der Waals surface area (Å²) in [5.74, 6) is 0.562. The smallest absolute Gasteiger partial charge is 0.324 e. The van der Waals surface area contributed by atoms with Gasteiger partial charge in [-0.3, -0.25) is 9.13 Å². The lowest BCUT2D eigenvalue weighted by Crippen LogP contribution is -2.16. The van der Waals surface area contributed by atoms with Crippen LogP contribution >= 0.6 is 19.2 Å². The Morgan fingerprint density at radius 3 is 2.44 bits per heavy atom. The van der Waals surface area contributed by atoms with Gasteiger partial charge in [0.05, 0.1) is 6.16 Å². The van der Waals surface area contributed by atoms with Crippen molar-refractivity contribution in [2.24, 2.45) is 5.92 Å². The molecule has 142 valence electrons. The highest BCUT2D eigenvalue weighted by Gasteiger charge is 2.27. The Bertz CT molecular complexity index is 994. The molecule has 1 aliphatic rings. The molecule has 1 saturated carbocycles. The molecule has 9 heteroatoms. The van der Waals surface area contributed by atoms with Crippen LogP contribution in [0.1, 0.15) is 37.2 Å². The van der Waals surface area contributed by atoms with Crippen molar-refractivity contribution in [3.63, 3.8) is 0 Å². The van der Waals surface area contributed by atoms with Crippen LogP contribution in [0.5, 0.6) is 0 Å². The molecule has 27 heavy (non-hydrogen) atoms. The van der Waals surface area contributed by atoms with Crippen LogP contribution < -0.4 is 0 Å². The molecular formula is C18H20ClN4O3P. The maximum atomic E-state index is 11.2. The lowest BCUT2D eigenvalue weighted by Gasteiger charge is -2.29. The van der Waals surface area contributed by atoms with E-state index in [1.807, 2.05) is 16.7 Å². The minimum Gasteiger partial charge on any atom is -0.324 e. The van der Waals surface area contributed by atoms with Gasteiger partial charge in [-0.1, -0.05) is 23.7 Å². The molecule has 0 bridgehead atoms. The summed E-state index contributed by atoms with van der Waals surface area (Å²) in [5.41, 5.74) is 3.45. The minimum absolute atomic E-state index is 0.0107. The van der Waals surface area contributed by atoms with E-state index in [1.165, 1.54) is 11.9 Å². The topological polar surface area (TPSA) is 101 Å². The highest BCUT2D eigenvalue weighted by atomic mass is 35.5. The van der Waals surface area contributed by atoms with Gasteiger partial charge in [0, 0.05) is 5.69 Å². The Balaban J connectivity index is 1.48. The maximum absolute atomic E-state index is 11.2. The Labute approximate surface area is 161 Å². The number of aromatic nitrogens is 4. The molecule has 2 heterocycles. The van der Waals surface area contributed by atoms with E-state index < -0.39 is 7.60 Å². The van der Waals surface area contributed by atoms with Gasteiger partial charge in [0.15, 0.2) is 10.8 Å². The van der Waals surface area contributed by atoms with Gasteiger partial charge in [0.2, 0.25) is 0 Å². The first kappa shape index (κ1) is 18.6. The van der Waals surface area contributed by atoms with Crippen LogP contribution in [0, 0.1) is 5.92 Å². The molecule has 0 aliphatic heterocycles. The number of nitrogens with zero attached hydrogens (tertiary/aromatic N) is 4. The third-order valence-electron chi connectivity index (χ3n) is 5.27. The first-order valence-corrected chi connectivity index (χ1v) is 11.1. The SMILES string of the molecule is O=P(O)(O)CC1CCC(c2ccc(-n3cnc4c(Cl)ncnc43)cc2)CC1. The van der Waals surface area contributed by atoms with E-state index in [9.17, 15) is 4.57 Å². The summed E-state index contributed by atoms with van der Waals surface area (Å²) in [6.45, 7) is 0. The van der Waals surface area contributed by atoms with Crippen LogP contribution in [0.3, 0.4) is 0 Å². The molecule has 0 atom stereocenters. The summed E-state index contributed by atoms with van der Waals surface area (Å²) in [7, 11) is -3.91. The second-order valence-electron chi connectivity index (χ2n) is 7.11. The average molecular weight is 407 g/mol. The van der Waals surface area contributed by atoms with Gasteiger partial charge in [-0.05, 0) is 55.2 Å². The highest BCUT2D eigenvalue weighted by molar-refractivity contribution is 7.51. The number of hydrogen-bond donors (Lipinski definition) is 2. The largest absolute Gasteiger partial charge is 0.325 e. The number of halogens is 1. The van der Waals surface area contributed by atoms with Crippen molar-refractivity contribution in [3.8, 4) is 5.69 Å². The zero-order valence-electron chi connectivity index (χ0n) is 14.6. The zero-order chi connectivity index (χ0) is 19.0. The molecule has 0 unspecified atom stereocenters. The third-order valence-corrected chi connectivity index (χ3v) is 6.54. The van der Waals surface area contributed by atoms with Crippen LogP contribution in [-0.2, 0) is 4.57 Å². The minimum atomic E-state index is -3.91. The van der Waals surface area contributed by atoms with Crippen molar-refractivity contribution in [2.75, 3.05) is 6.16 Å². The molecular weight excluding hydrogens is 387 g/mol. The van der Waals surface area contributed by atoms with Gasteiger partial charge in [-0.2, -0.15) is 0 Å². The summed E-state index contributed by atoms with van der Waals surface area (Å²) < 4.78 is 13.1. The molecule has 1 fully saturated rings. The van der Waals surface area contributed by atoms with Crippen LogP contribution in [0.4, 0.5) is 0 Å². The van der Waals surface area contributed by atoms with E-state index in [2.05, 4.69) is 27.1 Å². The number of rotatable bonds is 4. The predicted octanol–water partition coefficient (Wildman–Crippen LogP) is 3.92. The number of benzene rings is 1. The standard InChI is InChI=1S/C18H20ClN4O3P/c19-17-16-18(21-10-20-17)23(11-22-16)15-7-5-14(6-8-15)13-3-1-12(2-4-13)9-27(24,25)26/h5-8,10-13H,1-4,9H2,(H2,24,25,26). The van der Waals surface area contributed by atoms with Crippen LogP contribution in [-0.4, -0.2) is 35.5 Å². The van der Waals surface area contributed by atoms with Gasteiger partial charge in [0.25, 0.3) is 0 Å².